The third-order valence-corrected chi connectivity index (χ3v) is 5.21. The second kappa shape index (κ2) is 6.02. The number of hydrogen-bond acceptors (Lipinski definition) is 3. The van der Waals surface area contributed by atoms with Crippen molar-refractivity contribution < 1.29 is 9.47 Å². The van der Waals surface area contributed by atoms with Crippen LogP contribution in [0, 0.1) is 0 Å². The van der Waals surface area contributed by atoms with E-state index in [2.05, 4.69) is 0 Å². The summed E-state index contributed by atoms with van der Waals surface area (Å²) < 4.78 is 12.0. The topological polar surface area (TPSA) is 18.5 Å². The second-order valence-electron chi connectivity index (χ2n) is 4.38. The van der Waals surface area contributed by atoms with Gasteiger partial charge in [0.05, 0.1) is 22.9 Å². The fraction of sp³-hybridized carbons (Fsp3) is 0.286. The molecule has 2 heterocycles. The molecule has 1 aromatic carbocycles. The van der Waals surface area contributed by atoms with Crippen molar-refractivity contribution in [2.75, 3.05) is 13.2 Å². The molecule has 0 spiro atoms. The molecule has 106 valence electrons. The summed E-state index contributed by atoms with van der Waals surface area (Å²) >= 11 is 20.2. The van der Waals surface area contributed by atoms with Gasteiger partial charge in [0.2, 0.25) is 0 Å². The highest BCUT2D eigenvalue weighted by atomic mass is 35.5. The number of halogens is 3. The van der Waals surface area contributed by atoms with Gasteiger partial charge >= 0.3 is 0 Å². The third-order valence-electron chi connectivity index (χ3n) is 2.98. The van der Waals surface area contributed by atoms with E-state index in [1.165, 1.54) is 11.3 Å². The fourth-order valence-corrected chi connectivity index (χ4v) is 3.78. The highest BCUT2D eigenvalue weighted by molar-refractivity contribution is 7.16. The van der Waals surface area contributed by atoms with E-state index in [1.54, 1.807) is 6.07 Å². The van der Waals surface area contributed by atoms with Gasteiger partial charge in [0.1, 0.15) is 0 Å². The van der Waals surface area contributed by atoms with E-state index in [1.807, 2.05) is 18.2 Å². The van der Waals surface area contributed by atoms with Gasteiger partial charge in [-0.1, -0.05) is 23.2 Å². The number of alkyl halides is 1. The lowest BCUT2D eigenvalue weighted by Crippen LogP contribution is -1.97. The summed E-state index contributed by atoms with van der Waals surface area (Å²) in [5.41, 5.74) is 0.802. The van der Waals surface area contributed by atoms with E-state index in [0.717, 1.165) is 16.9 Å². The lowest BCUT2D eigenvalue weighted by Gasteiger charge is -2.14. The first kappa shape index (κ1) is 14.3. The van der Waals surface area contributed by atoms with Crippen molar-refractivity contribution in [1.82, 2.24) is 0 Å². The SMILES string of the molecule is Clc1ccc(C(Cl)c2cc3c(cc2Cl)OCCCO3)s1. The molecule has 0 saturated heterocycles. The zero-order valence-electron chi connectivity index (χ0n) is 10.4. The van der Waals surface area contributed by atoms with Crippen LogP contribution in [0.15, 0.2) is 24.3 Å². The van der Waals surface area contributed by atoms with Crippen LogP contribution in [0.1, 0.15) is 22.2 Å². The van der Waals surface area contributed by atoms with Crippen LogP contribution in [0.5, 0.6) is 11.5 Å². The predicted molar refractivity (Wildman–Crippen MR) is 84.1 cm³/mol. The van der Waals surface area contributed by atoms with Crippen LogP contribution in [0.4, 0.5) is 0 Å². The maximum absolute atomic E-state index is 6.50. The fourth-order valence-electron chi connectivity index (χ4n) is 2.01. The summed E-state index contributed by atoms with van der Waals surface area (Å²) in [5, 5.41) is 0.218. The molecule has 0 amide bonds. The lowest BCUT2D eigenvalue weighted by atomic mass is 10.1. The Bertz CT molecular complexity index is 627. The molecule has 1 unspecified atom stereocenters. The van der Waals surface area contributed by atoms with E-state index in [-0.39, 0.29) is 5.38 Å². The van der Waals surface area contributed by atoms with Gasteiger partial charge in [0, 0.05) is 22.4 Å². The summed E-state index contributed by atoms with van der Waals surface area (Å²) in [6.07, 6.45) is 0.854. The molecule has 3 rings (SSSR count). The van der Waals surface area contributed by atoms with Crippen molar-refractivity contribution in [3.8, 4) is 11.5 Å². The predicted octanol–water partition coefficient (Wildman–Crippen LogP) is 5.54. The quantitative estimate of drug-likeness (QED) is 0.662. The molecule has 1 aliphatic rings. The summed E-state index contributed by atoms with van der Waals surface area (Å²) in [5.74, 6) is 1.36. The number of rotatable bonds is 2. The summed E-state index contributed by atoms with van der Waals surface area (Å²) in [7, 11) is 0. The minimum Gasteiger partial charge on any atom is -0.490 e. The molecule has 0 N–H and O–H groups in total. The van der Waals surface area contributed by atoms with E-state index in [9.17, 15) is 0 Å². The highest BCUT2D eigenvalue weighted by Crippen LogP contribution is 2.43. The van der Waals surface area contributed by atoms with Crippen LogP contribution in [-0.2, 0) is 0 Å². The van der Waals surface area contributed by atoms with E-state index in [0.29, 0.717) is 34.1 Å². The lowest BCUT2D eigenvalue weighted by molar-refractivity contribution is 0.297. The van der Waals surface area contributed by atoms with E-state index >= 15 is 0 Å². The van der Waals surface area contributed by atoms with Gasteiger partial charge in [0.15, 0.2) is 11.5 Å². The van der Waals surface area contributed by atoms with Crippen molar-refractivity contribution in [3.63, 3.8) is 0 Å². The Hall–Kier alpha value is -0.610. The van der Waals surface area contributed by atoms with Crippen molar-refractivity contribution in [2.24, 2.45) is 0 Å². The maximum Gasteiger partial charge on any atom is 0.162 e. The zero-order chi connectivity index (χ0) is 14.1. The Labute approximate surface area is 136 Å². The smallest absolute Gasteiger partial charge is 0.162 e. The van der Waals surface area contributed by atoms with Gasteiger partial charge < -0.3 is 9.47 Å². The molecule has 1 aromatic heterocycles. The molecule has 0 radical (unpaired) electrons. The largest absolute Gasteiger partial charge is 0.490 e. The zero-order valence-corrected chi connectivity index (χ0v) is 13.5. The van der Waals surface area contributed by atoms with Gasteiger partial charge in [-0.15, -0.1) is 22.9 Å². The Kier molecular flexibility index (Phi) is 4.32. The molecule has 6 heteroatoms. The molecule has 1 atom stereocenters. The summed E-state index contributed by atoms with van der Waals surface area (Å²) in [6.45, 7) is 1.26. The van der Waals surface area contributed by atoms with Gasteiger partial charge in [-0.2, -0.15) is 0 Å². The van der Waals surface area contributed by atoms with Crippen molar-refractivity contribution in [1.29, 1.82) is 0 Å². The number of ether oxygens (including phenoxy) is 2. The minimum absolute atomic E-state index is 0.350. The normalized spacial score (nSPS) is 15.8. The molecule has 2 nitrogen and oxygen atoms in total. The molecular weight excluding hydrogens is 339 g/mol. The summed E-state index contributed by atoms with van der Waals surface area (Å²) in [4.78, 5) is 0.952. The minimum atomic E-state index is -0.350. The number of hydrogen-bond donors (Lipinski definition) is 0. The molecule has 0 fully saturated rings. The number of thiophene rings is 1. The number of benzene rings is 1. The monoisotopic (exact) mass is 348 g/mol. The van der Waals surface area contributed by atoms with Crippen LogP contribution in [0.25, 0.3) is 0 Å². The number of fused-ring (bicyclic) bond motifs is 1. The first-order chi connectivity index (χ1) is 9.65. The average molecular weight is 350 g/mol. The average Bonchev–Trinajstić information content (AvgIpc) is 2.73. The standard InChI is InChI=1S/C14H11Cl3O2S/c15-9-7-11-10(18-4-1-5-19-11)6-8(9)14(17)12-2-3-13(16)20-12/h2-3,6-7,14H,1,4-5H2. The van der Waals surface area contributed by atoms with Gasteiger partial charge in [-0.25, -0.2) is 0 Å². The molecule has 2 aromatic rings. The Morgan fingerprint density at radius 2 is 1.75 bits per heavy atom. The summed E-state index contributed by atoms with van der Waals surface area (Å²) in [6, 6.07) is 7.36. The van der Waals surface area contributed by atoms with Gasteiger partial charge in [0.25, 0.3) is 0 Å². The van der Waals surface area contributed by atoms with Crippen LogP contribution in [-0.4, -0.2) is 13.2 Å². The first-order valence-electron chi connectivity index (χ1n) is 6.13. The van der Waals surface area contributed by atoms with Crippen molar-refractivity contribution >= 4 is 46.1 Å². The van der Waals surface area contributed by atoms with E-state index < -0.39 is 0 Å². The van der Waals surface area contributed by atoms with Gasteiger partial charge in [-0.3, -0.25) is 0 Å². The van der Waals surface area contributed by atoms with Crippen molar-refractivity contribution in [3.05, 3.63) is 44.1 Å². The van der Waals surface area contributed by atoms with E-state index in [4.69, 9.17) is 44.3 Å². The van der Waals surface area contributed by atoms with Crippen LogP contribution >= 0.6 is 46.1 Å². The Morgan fingerprint density at radius 3 is 2.40 bits per heavy atom. The Morgan fingerprint density at radius 1 is 1.05 bits per heavy atom. The Balaban J connectivity index is 1.99. The molecule has 0 bridgehead atoms. The molecule has 20 heavy (non-hydrogen) atoms. The molecule has 0 saturated carbocycles. The third kappa shape index (κ3) is 2.86. The van der Waals surface area contributed by atoms with Crippen LogP contribution < -0.4 is 9.47 Å². The van der Waals surface area contributed by atoms with Gasteiger partial charge in [-0.05, 0) is 23.8 Å². The van der Waals surface area contributed by atoms with Crippen molar-refractivity contribution in [2.45, 2.75) is 11.8 Å². The second-order valence-corrected chi connectivity index (χ2v) is 6.97. The maximum atomic E-state index is 6.50. The van der Waals surface area contributed by atoms with Crippen LogP contribution in [0.3, 0.4) is 0 Å². The highest BCUT2D eigenvalue weighted by Gasteiger charge is 2.21. The molecular formula is C14H11Cl3O2S. The van der Waals surface area contributed by atoms with Crippen LogP contribution in [0.2, 0.25) is 9.36 Å². The molecule has 1 aliphatic heterocycles. The first-order valence-corrected chi connectivity index (χ1v) is 8.14. The molecule has 0 aliphatic carbocycles.